The van der Waals surface area contributed by atoms with Gasteiger partial charge in [0.2, 0.25) is 6.41 Å². The Hall–Kier alpha value is -5.26. The van der Waals surface area contributed by atoms with Crippen molar-refractivity contribution in [2.24, 2.45) is 9.98 Å². The fourth-order valence-corrected chi connectivity index (χ4v) is 5.81. The molecule has 0 aromatic carbocycles. The highest BCUT2D eigenvalue weighted by molar-refractivity contribution is 5.99. The van der Waals surface area contributed by atoms with Crippen LogP contribution in [0.5, 0.6) is 0 Å². The van der Waals surface area contributed by atoms with E-state index in [2.05, 4.69) is 35.4 Å². The molecular formula is C45H62N4O7. The van der Waals surface area contributed by atoms with E-state index in [-0.39, 0.29) is 18.1 Å². The molecule has 2 aliphatic rings. The van der Waals surface area contributed by atoms with E-state index in [4.69, 9.17) is 23.7 Å². The zero-order valence-corrected chi connectivity index (χ0v) is 34.5. The maximum Gasteiger partial charge on any atom is 0.258 e. The quantitative estimate of drug-likeness (QED) is 0.0250. The van der Waals surface area contributed by atoms with Crippen LogP contribution < -0.4 is 5.32 Å². The number of carbonyl (C=O) groups excluding carboxylic acids is 2. The normalized spacial score (nSPS) is 19.3. The molecular weight excluding hydrogens is 709 g/mol. The van der Waals surface area contributed by atoms with Crippen LogP contribution in [0.1, 0.15) is 59.8 Å². The van der Waals surface area contributed by atoms with Gasteiger partial charge in [-0.3, -0.25) is 19.6 Å². The molecule has 0 radical (unpaired) electrons. The molecule has 0 fully saturated rings. The highest BCUT2D eigenvalue weighted by atomic mass is 16.5. The predicted octanol–water partition coefficient (Wildman–Crippen LogP) is 7.96. The van der Waals surface area contributed by atoms with Crippen LogP contribution in [0.2, 0.25) is 0 Å². The van der Waals surface area contributed by atoms with E-state index in [0.29, 0.717) is 55.3 Å². The van der Waals surface area contributed by atoms with E-state index < -0.39 is 11.6 Å². The van der Waals surface area contributed by atoms with E-state index >= 15 is 0 Å². The van der Waals surface area contributed by atoms with Gasteiger partial charge in [0.25, 0.3) is 5.91 Å². The number of allylic oxidation sites excluding steroid dienone is 10. The standard InChI is InChI=1S/C45H62N4O7/c1-11-16-39(52-8)22-19-35(5)25-26-45(6,32-46-7)49(12-2)44(51)36-17-15-18-41(43(30-36)54-10)55-27-13-14-28-56-42-24-21-37(20-23-40(42)53-9)47-31-38(48-33-50)29-34(3)4/h11-12,15-24,30-33,38,41-42H,2-3,13-14,25-29H2,1,4-10H3,(H,48,50)/b16-11-,35-19+,39-22+,46-32?,47-31?. The van der Waals surface area contributed by atoms with Crippen LogP contribution >= 0.6 is 0 Å². The molecule has 0 aromatic rings. The van der Waals surface area contributed by atoms with Crippen LogP contribution in [0, 0.1) is 0 Å². The number of ether oxygens (including phenoxy) is 5. The molecule has 0 heterocycles. The van der Waals surface area contributed by atoms with Gasteiger partial charge in [-0.1, -0.05) is 36.0 Å². The molecule has 56 heavy (non-hydrogen) atoms. The summed E-state index contributed by atoms with van der Waals surface area (Å²) in [5.41, 5.74) is 2.47. The van der Waals surface area contributed by atoms with Crippen LogP contribution in [-0.4, -0.2) is 95.0 Å². The number of hydrogen-bond donors (Lipinski definition) is 1. The van der Waals surface area contributed by atoms with E-state index in [1.807, 2.05) is 81.5 Å². The molecule has 0 aromatic heterocycles. The molecule has 4 atom stereocenters. The third-order valence-corrected chi connectivity index (χ3v) is 8.87. The molecule has 2 rings (SSSR count). The largest absolute Gasteiger partial charge is 0.498 e. The molecule has 4 unspecified atom stereocenters. The van der Waals surface area contributed by atoms with E-state index in [9.17, 15) is 9.59 Å². The minimum absolute atomic E-state index is 0.233. The van der Waals surface area contributed by atoms with Gasteiger partial charge < -0.3 is 33.9 Å². The Labute approximate surface area is 334 Å². The van der Waals surface area contributed by atoms with Crippen molar-refractivity contribution in [1.82, 2.24) is 10.2 Å². The minimum atomic E-state index is -0.738. The first-order chi connectivity index (χ1) is 27.0. The van der Waals surface area contributed by atoms with Gasteiger partial charge in [-0.25, -0.2) is 0 Å². The summed E-state index contributed by atoms with van der Waals surface area (Å²) in [4.78, 5) is 35.5. The van der Waals surface area contributed by atoms with Crippen molar-refractivity contribution in [3.8, 4) is 0 Å². The first-order valence-electron chi connectivity index (χ1n) is 18.8. The average molecular weight is 771 g/mol. The fraction of sp³-hybridized carbons (Fsp3) is 0.422. The lowest BCUT2D eigenvalue weighted by molar-refractivity contribution is -0.127. The third kappa shape index (κ3) is 15.8. The highest BCUT2D eigenvalue weighted by Crippen LogP contribution is 2.27. The number of rotatable bonds is 25. The summed E-state index contributed by atoms with van der Waals surface area (Å²) in [6.45, 7) is 16.7. The summed E-state index contributed by atoms with van der Waals surface area (Å²) in [6.07, 6.45) is 30.6. The van der Waals surface area contributed by atoms with Gasteiger partial charge in [-0.05, 0) is 114 Å². The Balaban J connectivity index is 2.00. The summed E-state index contributed by atoms with van der Waals surface area (Å²) in [5.74, 6) is 1.70. The summed E-state index contributed by atoms with van der Waals surface area (Å²) in [6, 6.07) is -0.243. The Morgan fingerprint density at radius 1 is 1.04 bits per heavy atom. The van der Waals surface area contributed by atoms with Crippen molar-refractivity contribution in [2.75, 3.05) is 41.6 Å². The number of aliphatic imine (C=N–C) groups is 2. The first kappa shape index (κ1) is 46.9. The van der Waals surface area contributed by atoms with Gasteiger partial charge in [0.05, 0.1) is 38.6 Å². The molecule has 0 aliphatic heterocycles. The number of unbranched alkanes of at least 4 members (excludes halogenated alkanes) is 1. The molecule has 0 bridgehead atoms. The second-order valence-corrected chi connectivity index (χ2v) is 13.5. The second-order valence-electron chi connectivity index (χ2n) is 13.5. The number of nitrogens with one attached hydrogen (secondary N) is 1. The lowest BCUT2D eigenvalue weighted by atomic mass is 9.91. The Morgan fingerprint density at radius 2 is 1.73 bits per heavy atom. The summed E-state index contributed by atoms with van der Waals surface area (Å²) >= 11 is 0. The van der Waals surface area contributed by atoms with Gasteiger partial charge in [-0.2, -0.15) is 0 Å². The zero-order valence-electron chi connectivity index (χ0n) is 34.5. The first-order valence-corrected chi connectivity index (χ1v) is 18.8. The van der Waals surface area contributed by atoms with Gasteiger partial charge in [-0.15, -0.1) is 6.58 Å². The molecule has 1 N–H and O–H groups in total. The monoisotopic (exact) mass is 770 g/mol. The SMILES string of the molecule is C=CN(C(=O)C1=CC=CC(OCCCCOC2C=CC(N=CC(CC(=C)C)NC=O)=CC=C2OC)C(OC)=C1)C(C)(C=NC)CC/C(C)=C/C=C(\C=C/C)OC. The van der Waals surface area contributed by atoms with Crippen molar-refractivity contribution in [1.29, 1.82) is 0 Å². The van der Waals surface area contributed by atoms with E-state index in [1.54, 1.807) is 64.1 Å². The molecule has 304 valence electrons. The smallest absolute Gasteiger partial charge is 0.258 e. The predicted molar refractivity (Wildman–Crippen MR) is 227 cm³/mol. The Bertz CT molecular complexity index is 1670. The number of nitrogens with zero attached hydrogens (tertiary/aromatic N) is 3. The average Bonchev–Trinajstić information content (AvgIpc) is 3.51. The lowest BCUT2D eigenvalue weighted by Crippen LogP contribution is -2.48. The topological polar surface area (TPSA) is 120 Å². The number of carbonyl (C=O) groups is 2. The highest BCUT2D eigenvalue weighted by Gasteiger charge is 2.34. The molecule has 2 aliphatic carbocycles. The Kier molecular flexibility index (Phi) is 21.6. The number of methoxy groups -OCH3 is 3. The summed E-state index contributed by atoms with van der Waals surface area (Å²) in [7, 11) is 6.52. The van der Waals surface area contributed by atoms with Crippen LogP contribution in [0.3, 0.4) is 0 Å². The lowest BCUT2D eigenvalue weighted by Gasteiger charge is -2.36. The molecule has 11 nitrogen and oxygen atoms in total. The van der Waals surface area contributed by atoms with E-state index in [0.717, 1.165) is 36.2 Å². The molecule has 0 saturated heterocycles. The van der Waals surface area contributed by atoms with Gasteiger partial charge in [0, 0.05) is 44.5 Å². The Morgan fingerprint density at radius 3 is 2.32 bits per heavy atom. The molecule has 0 saturated carbocycles. The van der Waals surface area contributed by atoms with Crippen LogP contribution in [0.4, 0.5) is 0 Å². The van der Waals surface area contributed by atoms with Gasteiger partial charge in [0.1, 0.15) is 29.5 Å². The van der Waals surface area contributed by atoms with Crippen molar-refractivity contribution in [3.05, 3.63) is 132 Å². The number of hydrogen-bond acceptors (Lipinski definition) is 9. The van der Waals surface area contributed by atoms with Crippen molar-refractivity contribution in [2.45, 2.75) is 83.6 Å². The van der Waals surface area contributed by atoms with E-state index in [1.165, 1.54) is 0 Å². The maximum absolute atomic E-state index is 14.1. The molecule has 11 heteroatoms. The zero-order chi connectivity index (χ0) is 41.3. The van der Waals surface area contributed by atoms with Gasteiger partial charge >= 0.3 is 0 Å². The van der Waals surface area contributed by atoms with Crippen molar-refractivity contribution in [3.63, 3.8) is 0 Å². The van der Waals surface area contributed by atoms with Crippen LogP contribution in [0.25, 0.3) is 0 Å². The van der Waals surface area contributed by atoms with Crippen LogP contribution in [0.15, 0.2) is 142 Å². The fourth-order valence-electron chi connectivity index (χ4n) is 5.81. The third-order valence-electron chi connectivity index (χ3n) is 8.87. The summed E-state index contributed by atoms with van der Waals surface area (Å²) < 4.78 is 29.0. The minimum Gasteiger partial charge on any atom is -0.498 e. The van der Waals surface area contributed by atoms with Crippen molar-refractivity contribution < 1.29 is 33.3 Å². The van der Waals surface area contributed by atoms with Gasteiger partial charge in [0.15, 0.2) is 0 Å². The molecule has 0 spiro atoms. The van der Waals surface area contributed by atoms with Crippen molar-refractivity contribution >= 4 is 24.7 Å². The maximum atomic E-state index is 14.1. The number of amides is 2. The second kappa shape index (κ2) is 25.8. The molecule has 2 amide bonds. The van der Waals surface area contributed by atoms with Crippen LogP contribution in [-0.2, 0) is 33.3 Å². The summed E-state index contributed by atoms with van der Waals surface area (Å²) in [5, 5.41) is 2.75.